The van der Waals surface area contributed by atoms with Gasteiger partial charge < -0.3 is 20.3 Å². The summed E-state index contributed by atoms with van der Waals surface area (Å²) >= 11 is 5.30. The predicted molar refractivity (Wildman–Crippen MR) is 133 cm³/mol. The van der Waals surface area contributed by atoms with E-state index in [0.717, 1.165) is 23.3 Å². The fourth-order valence-corrected chi connectivity index (χ4v) is 3.31. The van der Waals surface area contributed by atoms with Crippen molar-refractivity contribution >= 4 is 34.8 Å². The second-order valence-electron chi connectivity index (χ2n) is 8.79. The van der Waals surface area contributed by atoms with Crippen molar-refractivity contribution in [2.75, 3.05) is 26.0 Å². The molecule has 0 spiro atoms. The monoisotopic (exact) mass is 455 g/mol. The molecule has 7 heteroatoms. The highest BCUT2D eigenvalue weighted by Crippen LogP contribution is 2.24. The van der Waals surface area contributed by atoms with E-state index in [4.69, 9.17) is 17.0 Å². The van der Waals surface area contributed by atoms with E-state index in [0.29, 0.717) is 24.3 Å². The Morgan fingerprint density at radius 3 is 2.50 bits per heavy atom. The molecule has 0 fully saturated rings. The Morgan fingerprint density at radius 2 is 1.81 bits per heavy atom. The zero-order chi connectivity index (χ0) is 23.9. The van der Waals surface area contributed by atoms with Crippen LogP contribution in [0.3, 0.4) is 0 Å². The molecule has 2 N–H and O–H groups in total. The fourth-order valence-electron chi connectivity index (χ4n) is 3.10. The van der Waals surface area contributed by atoms with E-state index in [1.807, 2.05) is 39.8 Å². The van der Waals surface area contributed by atoms with Crippen LogP contribution in [0.5, 0.6) is 5.75 Å². The summed E-state index contributed by atoms with van der Waals surface area (Å²) in [6.07, 6.45) is 1.39. The van der Waals surface area contributed by atoms with Crippen LogP contribution < -0.4 is 15.4 Å². The summed E-state index contributed by atoms with van der Waals surface area (Å²) in [4.78, 5) is 26.4. The second-order valence-corrected chi connectivity index (χ2v) is 9.20. The Balaban J connectivity index is 1.85. The summed E-state index contributed by atoms with van der Waals surface area (Å²) in [6, 6.07) is 13.1. The first kappa shape index (κ1) is 25.3. The number of benzene rings is 2. The van der Waals surface area contributed by atoms with Crippen LogP contribution in [0.15, 0.2) is 42.5 Å². The molecule has 0 unspecified atom stereocenters. The topological polar surface area (TPSA) is 70.7 Å². The number of nitrogens with one attached hydrogen (secondary N) is 2. The number of aryl methyl sites for hydroxylation is 2. The van der Waals surface area contributed by atoms with Gasteiger partial charge in [0.25, 0.3) is 5.91 Å². The van der Waals surface area contributed by atoms with Crippen molar-refractivity contribution in [2.24, 2.45) is 5.41 Å². The van der Waals surface area contributed by atoms with Crippen LogP contribution in [-0.2, 0) is 4.79 Å². The third kappa shape index (κ3) is 7.34. The summed E-state index contributed by atoms with van der Waals surface area (Å²) in [5.74, 6) is 0.614. The normalized spacial score (nSPS) is 10.9. The lowest BCUT2D eigenvalue weighted by Gasteiger charge is -2.24. The van der Waals surface area contributed by atoms with Gasteiger partial charge in [-0.25, -0.2) is 0 Å². The van der Waals surface area contributed by atoms with Gasteiger partial charge >= 0.3 is 0 Å². The second kappa shape index (κ2) is 11.1. The summed E-state index contributed by atoms with van der Waals surface area (Å²) in [5.41, 5.74) is 2.82. The highest BCUT2D eigenvalue weighted by atomic mass is 32.1. The lowest BCUT2D eigenvalue weighted by atomic mass is 9.87. The van der Waals surface area contributed by atoms with E-state index in [9.17, 15) is 9.59 Å². The SMILES string of the molecule is Cc1ccc(C)c(OCCCC(C)(C)C(=O)NC(=S)Nc2cccc(C(=O)N(C)C)c2)c1. The molecular weight excluding hydrogens is 422 g/mol. The molecule has 2 aromatic rings. The molecule has 0 aromatic heterocycles. The van der Waals surface area contributed by atoms with Crippen LogP contribution in [0.2, 0.25) is 0 Å². The average Bonchev–Trinajstić information content (AvgIpc) is 2.72. The molecule has 0 aliphatic heterocycles. The Bertz CT molecular complexity index is 986. The van der Waals surface area contributed by atoms with Crippen molar-refractivity contribution in [3.63, 3.8) is 0 Å². The summed E-state index contributed by atoms with van der Waals surface area (Å²) in [5, 5.41) is 5.94. The number of hydrogen-bond donors (Lipinski definition) is 2. The molecule has 2 rings (SSSR count). The third-order valence-corrected chi connectivity index (χ3v) is 5.37. The maximum atomic E-state index is 12.8. The molecule has 2 aromatic carbocycles. The van der Waals surface area contributed by atoms with E-state index in [-0.39, 0.29) is 16.9 Å². The molecule has 0 bridgehead atoms. The van der Waals surface area contributed by atoms with Crippen LogP contribution in [0, 0.1) is 19.3 Å². The van der Waals surface area contributed by atoms with E-state index in [1.165, 1.54) is 4.90 Å². The van der Waals surface area contributed by atoms with Crippen molar-refractivity contribution in [1.29, 1.82) is 0 Å². The quantitative estimate of drug-likeness (QED) is 0.446. The number of hydrogen-bond acceptors (Lipinski definition) is 4. The fraction of sp³-hybridized carbons (Fsp3) is 0.400. The highest BCUT2D eigenvalue weighted by Gasteiger charge is 2.28. The van der Waals surface area contributed by atoms with Crippen LogP contribution in [-0.4, -0.2) is 42.5 Å². The molecule has 0 saturated heterocycles. The van der Waals surface area contributed by atoms with Crippen molar-refractivity contribution in [2.45, 2.75) is 40.5 Å². The average molecular weight is 456 g/mol. The first-order valence-electron chi connectivity index (χ1n) is 10.6. The van der Waals surface area contributed by atoms with Gasteiger partial charge in [0.15, 0.2) is 5.11 Å². The smallest absolute Gasteiger partial charge is 0.253 e. The zero-order valence-corrected chi connectivity index (χ0v) is 20.6. The van der Waals surface area contributed by atoms with Crippen molar-refractivity contribution in [3.05, 3.63) is 59.2 Å². The van der Waals surface area contributed by atoms with Crippen molar-refractivity contribution in [3.8, 4) is 5.75 Å². The highest BCUT2D eigenvalue weighted by molar-refractivity contribution is 7.80. The maximum Gasteiger partial charge on any atom is 0.253 e. The molecule has 0 heterocycles. The molecule has 172 valence electrons. The lowest BCUT2D eigenvalue weighted by Crippen LogP contribution is -2.42. The van der Waals surface area contributed by atoms with Gasteiger partial charge in [-0.1, -0.05) is 32.0 Å². The number of carbonyl (C=O) groups excluding carboxylic acids is 2. The van der Waals surface area contributed by atoms with Crippen LogP contribution in [0.25, 0.3) is 0 Å². The van der Waals surface area contributed by atoms with E-state index in [1.54, 1.807) is 38.4 Å². The number of nitrogens with zero attached hydrogens (tertiary/aromatic N) is 1. The number of ether oxygens (including phenoxy) is 1. The molecule has 0 aliphatic carbocycles. The molecule has 0 saturated carbocycles. The standard InChI is InChI=1S/C25H33N3O3S/c1-17-11-12-18(2)21(15-17)31-14-8-13-25(3,4)23(30)27-24(32)26-20-10-7-9-19(16-20)22(29)28(5)6/h7,9-12,15-16H,8,13-14H2,1-6H3,(H2,26,27,30,32). The minimum Gasteiger partial charge on any atom is -0.493 e. The largest absolute Gasteiger partial charge is 0.493 e. The van der Waals surface area contributed by atoms with Crippen LogP contribution >= 0.6 is 12.2 Å². The Hall–Kier alpha value is -2.93. The lowest BCUT2D eigenvalue weighted by molar-refractivity contribution is -0.128. The molecule has 0 atom stereocenters. The van der Waals surface area contributed by atoms with Gasteiger partial charge in [0.05, 0.1) is 6.61 Å². The van der Waals surface area contributed by atoms with Gasteiger partial charge in [0.1, 0.15) is 5.75 Å². The van der Waals surface area contributed by atoms with Gasteiger partial charge in [-0.15, -0.1) is 0 Å². The van der Waals surface area contributed by atoms with Gasteiger partial charge in [0, 0.05) is 30.8 Å². The predicted octanol–water partition coefficient (Wildman–Crippen LogP) is 4.70. The maximum absolute atomic E-state index is 12.8. The van der Waals surface area contributed by atoms with Gasteiger partial charge in [-0.2, -0.15) is 0 Å². The van der Waals surface area contributed by atoms with Crippen LogP contribution in [0.1, 0.15) is 48.2 Å². The Morgan fingerprint density at radius 1 is 1.09 bits per heavy atom. The number of carbonyl (C=O) groups is 2. The minimum absolute atomic E-state index is 0.104. The first-order valence-corrected chi connectivity index (χ1v) is 11.0. The number of thiocarbonyl (C=S) groups is 1. The third-order valence-electron chi connectivity index (χ3n) is 5.16. The van der Waals surface area contributed by atoms with Crippen molar-refractivity contribution < 1.29 is 14.3 Å². The molecule has 32 heavy (non-hydrogen) atoms. The summed E-state index contributed by atoms with van der Waals surface area (Å²) in [6.45, 7) is 8.37. The number of amides is 2. The van der Waals surface area contributed by atoms with Gasteiger partial charge in [0.2, 0.25) is 5.91 Å². The Labute approximate surface area is 196 Å². The molecule has 2 amide bonds. The van der Waals surface area contributed by atoms with Crippen LogP contribution in [0.4, 0.5) is 5.69 Å². The molecule has 0 aliphatic rings. The minimum atomic E-state index is -0.612. The zero-order valence-electron chi connectivity index (χ0n) is 19.7. The van der Waals surface area contributed by atoms with Crippen molar-refractivity contribution in [1.82, 2.24) is 10.2 Å². The Kier molecular flexibility index (Phi) is 8.78. The molecule has 6 nitrogen and oxygen atoms in total. The summed E-state index contributed by atoms with van der Waals surface area (Å²) in [7, 11) is 3.39. The van der Waals surface area contributed by atoms with E-state index >= 15 is 0 Å². The summed E-state index contributed by atoms with van der Waals surface area (Å²) < 4.78 is 5.90. The van der Waals surface area contributed by atoms with E-state index < -0.39 is 5.41 Å². The van der Waals surface area contributed by atoms with Gasteiger partial charge in [-0.05, 0) is 74.3 Å². The first-order chi connectivity index (χ1) is 15.0. The number of anilines is 1. The molecular formula is C25H33N3O3S. The van der Waals surface area contributed by atoms with Gasteiger partial charge in [-0.3, -0.25) is 9.59 Å². The number of rotatable bonds is 8. The van der Waals surface area contributed by atoms with E-state index in [2.05, 4.69) is 16.7 Å². The molecule has 0 radical (unpaired) electrons.